The van der Waals surface area contributed by atoms with Crippen LogP contribution in [0.5, 0.6) is 0 Å². The minimum atomic E-state index is -0.0476. The van der Waals surface area contributed by atoms with Gasteiger partial charge in [-0.1, -0.05) is 35.9 Å². The Bertz CT molecular complexity index is 596. The number of hydrogen-bond donors (Lipinski definition) is 1. The van der Waals surface area contributed by atoms with Gasteiger partial charge in [0.15, 0.2) is 0 Å². The normalized spacial score (nSPS) is 10.3. The SMILES string of the molecule is Cc1cccc(NC(=O)Cc2ccc(Cl)cc2)c1Br. The lowest BCUT2D eigenvalue weighted by Crippen LogP contribution is -2.14. The van der Waals surface area contributed by atoms with Crippen molar-refractivity contribution in [2.45, 2.75) is 13.3 Å². The van der Waals surface area contributed by atoms with Crippen LogP contribution in [0.2, 0.25) is 5.02 Å². The summed E-state index contributed by atoms with van der Waals surface area (Å²) in [5, 5.41) is 3.57. The molecule has 98 valence electrons. The maximum absolute atomic E-state index is 12.0. The van der Waals surface area contributed by atoms with Crippen molar-refractivity contribution in [3.05, 3.63) is 63.1 Å². The molecule has 4 heteroatoms. The van der Waals surface area contributed by atoms with Gasteiger partial charge in [-0.2, -0.15) is 0 Å². The molecular weight excluding hydrogens is 326 g/mol. The quantitative estimate of drug-likeness (QED) is 0.871. The third-order valence-corrected chi connectivity index (χ3v) is 4.05. The van der Waals surface area contributed by atoms with E-state index in [0.29, 0.717) is 11.4 Å². The van der Waals surface area contributed by atoms with E-state index >= 15 is 0 Å². The van der Waals surface area contributed by atoms with Gasteiger partial charge in [0.25, 0.3) is 0 Å². The molecule has 0 aliphatic heterocycles. The second-order valence-electron chi connectivity index (χ2n) is 4.29. The second-order valence-corrected chi connectivity index (χ2v) is 5.52. The molecule has 0 aliphatic rings. The van der Waals surface area contributed by atoms with Gasteiger partial charge < -0.3 is 5.32 Å². The molecule has 0 aliphatic carbocycles. The minimum absolute atomic E-state index is 0.0476. The van der Waals surface area contributed by atoms with Crippen LogP contribution in [0.3, 0.4) is 0 Å². The number of halogens is 2. The average Bonchev–Trinajstić information content (AvgIpc) is 2.38. The molecule has 2 rings (SSSR count). The van der Waals surface area contributed by atoms with E-state index in [9.17, 15) is 4.79 Å². The number of carbonyl (C=O) groups is 1. The van der Waals surface area contributed by atoms with Crippen molar-refractivity contribution in [1.29, 1.82) is 0 Å². The minimum Gasteiger partial charge on any atom is -0.325 e. The van der Waals surface area contributed by atoms with Gasteiger partial charge in [0.1, 0.15) is 0 Å². The third kappa shape index (κ3) is 3.82. The highest BCUT2D eigenvalue weighted by molar-refractivity contribution is 9.10. The molecule has 0 saturated heterocycles. The van der Waals surface area contributed by atoms with E-state index in [1.807, 2.05) is 37.3 Å². The molecule has 0 saturated carbocycles. The predicted octanol–water partition coefficient (Wildman–Crippen LogP) is 4.59. The summed E-state index contributed by atoms with van der Waals surface area (Å²) >= 11 is 9.28. The molecule has 2 aromatic rings. The smallest absolute Gasteiger partial charge is 0.228 e. The van der Waals surface area contributed by atoms with Crippen LogP contribution in [0.25, 0.3) is 0 Å². The first-order chi connectivity index (χ1) is 9.06. The molecular formula is C15H13BrClNO. The monoisotopic (exact) mass is 337 g/mol. The largest absolute Gasteiger partial charge is 0.325 e. The second kappa shape index (κ2) is 6.22. The van der Waals surface area contributed by atoms with Gasteiger partial charge in [-0.25, -0.2) is 0 Å². The Hall–Kier alpha value is -1.32. The number of aryl methyl sites for hydroxylation is 1. The van der Waals surface area contributed by atoms with E-state index < -0.39 is 0 Å². The number of benzene rings is 2. The van der Waals surface area contributed by atoms with Crippen LogP contribution in [0.15, 0.2) is 46.9 Å². The summed E-state index contributed by atoms with van der Waals surface area (Å²) in [6.45, 7) is 1.99. The van der Waals surface area contributed by atoms with Gasteiger partial charge in [-0.15, -0.1) is 0 Å². The fraction of sp³-hybridized carbons (Fsp3) is 0.133. The number of anilines is 1. The van der Waals surface area contributed by atoms with Crippen molar-refractivity contribution >= 4 is 39.1 Å². The molecule has 0 aromatic heterocycles. The first kappa shape index (κ1) is 14.1. The molecule has 2 nitrogen and oxygen atoms in total. The van der Waals surface area contributed by atoms with Gasteiger partial charge >= 0.3 is 0 Å². The molecule has 0 atom stereocenters. The molecule has 0 heterocycles. The predicted molar refractivity (Wildman–Crippen MR) is 82.7 cm³/mol. The third-order valence-electron chi connectivity index (χ3n) is 2.74. The Morgan fingerprint density at radius 1 is 1.21 bits per heavy atom. The summed E-state index contributed by atoms with van der Waals surface area (Å²) in [5.41, 5.74) is 2.81. The Labute approximate surface area is 125 Å². The molecule has 1 amide bonds. The van der Waals surface area contributed by atoms with E-state index in [4.69, 9.17) is 11.6 Å². The molecule has 1 N–H and O–H groups in total. The van der Waals surface area contributed by atoms with Crippen LogP contribution in [0, 0.1) is 6.92 Å². The zero-order valence-electron chi connectivity index (χ0n) is 10.4. The van der Waals surface area contributed by atoms with Crippen molar-refractivity contribution < 1.29 is 4.79 Å². The topological polar surface area (TPSA) is 29.1 Å². The maximum atomic E-state index is 12.0. The van der Waals surface area contributed by atoms with Gasteiger partial charge in [-0.3, -0.25) is 4.79 Å². The molecule has 0 fully saturated rings. The summed E-state index contributed by atoms with van der Waals surface area (Å²) in [4.78, 5) is 12.0. The highest BCUT2D eigenvalue weighted by Gasteiger charge is 2.07. The Morgan fingerprint density at radius 2 is 1.89 bits per heavy atom. The van der Waals surface area contributed by atoms with Crippen LogP contribution in [0.4, 0.5) is 5.69 Å². The molecule has 0 radical (unpaired) electrons. The Kier molecular flexibility index (Phi) is 4.61. The maximum Gasteiger partial charge on any atom is 0.228 e. The first-order valence-corrected chi connectivity index (χ1v) is 7.03. The molecule has 0 spiro atoms. The van der Waals surface area contributed by atoms with Gasteiger partial charge in [0, 0.05) is 9.50 Å². The van der Waals surface area contributed by atoms with Gasteiger partial charge in [0.2, 0.25) is 5.91 Å². The van der Waals surface area contributed by atoms with Crippen molar-refractivity contribution in [2.24, 2.45) is 0 Å². The summed E-state index contributed by atoms with van der Waals surface area (Å²) in [6, 6.07) is 13.0. The van der Waals surface area contributed by atoms with E-state index in [-0.39, 0.29) is 5.91 Å². The van der Waals surface area contributed by atoms with Crippen LogP contribution in [-0.2, 0) is 11.2 Å². The molecule has 0 unspecified atom stereocenters. The van der Waals surface area contributed by atoms with Crippen LogP contribution >= 0.6 is 27.5 Å². The zero-order chi connectivity index (χ0) is 13.8. The highest BCUT2D eigenvalue weighted by atomic mass is 79.9. The number of nitrogens with one attached hydrogen (secondary N) is 1. The summed E-state index contributed by atoms with van der Waals surface area (Å²) in [5.74, 6) is -0.0476. The van der Waals surface area contributed by atoms with Crippen LogP contribution in [0.1, 0.15) is 11.1 Å². The lowest BCUT2D eigenvalue weighted by atomic mass is 10.1. The summed E-state index contributed by atoms with van der Waals surface area (Å²) in [6.07, 6.45) is 0.331. The number of hydrogen-bond acceptors (Lipinski definition) is 1. The van der Waals surface area contributed by atoms with Crippen molar-refractivity contribution in [2.75, 3.05) is 5.32 Å². The summed E-state index contributed by atoms with van der Waals surface area (Å²) < 4.78 is 0.916. The van der Waals surface area contributed by atoms with Crippen molar-refractivity contribution in [3.63, 3.8) is 0 Å². The van der Waals surface area contributed by atoms with Gasteiger partial charge in [0.05, 0.1) is 12.1 Å². The Balaban J connectivity index is 2.05. The van der Waals surface area contributed by atoms with E-state index in [1.54, 1.807) is 12.1 Å². The molecule has 0 bridgehead atoms. The Morgan fingerprint density at radius 3 is 2.58 bits per heavy atom. The fourth-order valence-corrected chi connectivity index (χ4v) is 2.22. The van der Waals surface area contributed by atoms with Crippen LogP contribution in [-0.4, -0.2) is 5.91 Å². The van der Waals surface area contributed by atoms with E-state index in [1.165, 1.54) is 0 Å². The number of rotatable bonds is 3. The highest BCUT2D eigenvalue weighted by Crippen LogP contribution is 2.25. The number of carbonyl (C=O) groups excluding carboxylic acids is 1. The van der Waals surface area contributed by atoms with Crippen molar-refractivity contribution in [1.82, 2.24) is 0 Å². The standard InChI is InChI=1S/C15H13BrClNO/c1-10-3-2-4-13(15(10)16)18-14(19)9-11-5-7-12(17)8-6-11/h2-8H,9H2,1H3,(H,18,19). The molecule has 2 aromatic carbocycles. The van der Waals surface area contributed by atoms with Crippen molar-refractivity contribution in [3.8, 4) is 0 Å². The van der Waals surface area contributed by atoms with E-state index in [0.717, 1.165) is 21.3 Å². The van der Waals surface area contributed by atoms with Gasteiger partial charge in [-0.05, 0) is 52.2 Å². The lowest BCUT2D eigenvalue weighted by molar-refractivity contribution is -0.115. The van der Waals surface area contributed by atoms with E-state index in [2.05, 4.69) is 21.2 Å². The summed E-state index contributed by atoms with van der Waals surface area (Å²) in [7, 11) is 0. The first-order valence-electron chi connectivity index (χ1n) is 5.85. The average molecular weight is 339 g/mol. The fourth-order valence-electron chi connectivity index (χ4n) is 1.73. The lowest BCUT2D eigenvalue weighted by Gasteiger charge is -2.09. The number of amides is 1. The zero-order valence-corrected chi connectivity index (χ0v) is 12.8. The molecule has 19 heavy (non-hydrogen) atoms. The van der Waals surface area contributed by atoms with Crippen LogP contribution < -0.4 is 5.32 Å².